The molecule has 9 nitrogen and oxygen atoms in total. The minimum Gasteiger partial charge on any atom is -0.496 e. The molecule has 0 spiro atoms. The second kappa shape index (κ2) is 9.47. The number of anilines is 1. The molecule has 12 heteroatoms. The van der Waals surface area contributed by atoms with Crippen LogP contribution in [-0.2, 0) is 12.7 Å². The molecule has 2 heterocycles. The fourth-order valence-corrected chi connectivity index (χ4v) is 4.13. The Morgan fingerprint density at radius 2 is 1.71 bits per heavy atom. The number of hydrogen-bond acceptors (Lipinski definition) is 6. The van der Waals surface area contributed by atoms with E-state index in [1.165, 1.54) is 42.6 Å². The second-order valence-electron chi connectivity index (χ2n) is 8.30. The van der Waals surface area contributed by atoms with Crippen molar-refractivity contribution in [1.82, 2.24) is 19.7 Å². The Hall–Kier alpha value is -5.00. The van der Waals surface area contributed by atoms with Crippen LogP contribution in [0.1, 0.15) is 42.2 Å². The highest BCUT2D eigenvalue weighted by atomic mass is 19.4. The number of rotatable bonds is 6. The molecule has 0 unspecified atom stereocenters. The Morgan fingerprint density at radius 1 is 1.00 bits per heavy atom. The number of ether oxygens (including phenoxy) is 1. The van der Waals surface area contributed by atoms with Crippen molar-refractivity contribution in [2.45, 2.75) is 12.7 Å². The largest absolute Gasteiger partial charge is 0.496 e. The minimum absolute atomic E-state index is 0.0106. The monoisotopic (exact) mass is 521 g/mol. The lowest BCUT2D eigenvalue weighted by Gasteiger charge is -2.17. The normalized spacial score (nSPS) is 13.0. The van der Waals surface area contributed by atoms with E-state index >= 15 is 0 Å². The number of methoxy groups -OCH3 is 1. The Morgan fingerprint density at radius 3 is 2.32 bits per heavy atom. The lowest BCUT2D eigenvalue weighted by Crippen LogP contribution is -2.29. The number of aromatic nitrogens is 3. The first-order chi connectivity index (χ1) is 18.2. The van der Waals surface area contributed by atoms with Gasteiger partial charge in [-0.15, -0.1) is 0 Å². The van der Waals surface area contributed by atoms with E-state index in [0.717, 1.165) is 17.0 Å². The Balaban J connectivity index is 1.46. The highest BCUT2D eigenvalue weighted by Crippen LogP contribution is 2.34. The maximum atomic E-state index is 13.4. The molecule has 0 saturated heterocycles. The number of nitrogens with zero attached hydrogens (tertiary/aromatic N) is 4. The fourth-order valence-electron chi connectivity index (χ4n) is 4.13. The van der Waals surface area contributed by atoms with E-state index < -0.39 is 29.5 Å². The molecule has 0 bridgehead atoms. The van der Waals surface area contributed by atoms with Gasteiger partial charge in [0, 0.05) is 0 Å². The molecule has 0 aliphatic carbocycles. The molecule has 0 radical (unpaired) electrons. The summed E-state index contributed by atoms with van der Waals surface area (Å²) in [4.78, 5) is 43.7. The van der Waals surface area contributed by atoms with Crippen molar-refractivity contribution in [3.8, 4) is 11.4 Å². The molecule has 3 aromatic carbocycles. The van der Waals surface area contributed by atoms with Gasteiger partial charge in [0.05, 0.1) is 47.3 Å². The standard InChI is InChI=1S/C26H18F3N5O4/c1-38-22-9-6-15(12-33-24(36)17-4-2-3-5-18(17)25(33)37)10-19(22)23(35)32-20-11-16(26(27,28)29)7-8-21(20)34-14-30-13-31-34/h2-11,13-14H,12H2,1H3,(H,32,35). The molecule has 1 N–H and O–H groups in total. The van der Waals surface area contributed by atoms with Crippen LogP contribution in [0.25, 0.3) is 5.69 Å². The van der Waals surface area contributed by atoms with E-state index in [4.69, 9.17) is 4.74 Å². The van der Waals surface area contributed by atoms with E-state index in [-0.39, 0.29) is 40.4 Å². The average molecular weight is 521 g/mol. The average Bonchev–Trinajstić information content (AvgIpc) is 3.52. The number of imide groups is 1. The quantitative estimate of drug-likeness (QED) is 0.379. The zero-order chi connectivity index (χ0) is 27.0. The first kappa shape index (κ1) is 24.7. The molecular formula is C26H18F3N5O4. The van der Waals surface area contributed by atoms with Crippen LogP contribution in [0.2, 0.25) is 0 Å². The van der Waals surface area contributed by atoms with Gasteiger partial charge in [0.25, 0.3) is 17.7 Å². The summed E-state index contributed by atoms with van der Waals surface area (Å²) in [6, 6.07) is 13.8. The van der Waals surface area contributed by atoms with Crippen molar-refractivity contribution in [1.29, 1.82) is 0 Å². The second-order valence-corrected chi connectivity index (χ2v) is 8.30. The van der Waals surface area contributed by atoms with Crippen LogP contribution in [-0.4, -0.2) is 44.5 Å². The molecular weight excluding hydrogens is 503 g/mol. The van der Waals surface area contributed by atoms with Gasteiger partial charge in [0.1, 0.15) is 18.4 Å². The Labute approximate surface area is 213 Å². The van der Waals surface area contributed by atoms with Crippen LogP contribution in [0.4, 0.5) is 18.9 Å². The summed E-state index contributed by atoms with van der Waals surface area (Å²) in [6.45, 7) is -0.121. The summed E-state index contributed by atoms with van der Waals surface area (Å²) in [5.41, 5.74) is 0.0222. The summed E-state index contributed by atoms with van der Waals surface area (Å²) in [7, 11) is 1.33. The summed E-state index contributed by atoms with van der Waals surface area (Å²) < 4.78 is 46.7. The van der Waals surface area contributed by atoms with Crippen LogP contribution in [0, 0.1) is 0 Å². The van der Waals surface area contributed by atoms with Gasteiger partial charge in [0.2, 0.25) is 0 Å². The number of halogens is 3. The van der Waals surface area contributed by atoms with E-state index in [2.05, 4.69) is 15.4 Å². The zero-order valence-electron chi connectivity index (χ0n) is 19.7. The van der Waals surface area contributed by atoms with Crippen LogP contribution in [0.3, 0.4) is 0 Å². The van der Waals surface area contributed by atoms with Crippen molar-refractivity contribution in [3.63, 3.8) is 0 Å². The van der Waals surface area contributed by atoms with E-state index in [0.29, 0.717) is 5.56 Å². The van der Waals surface area contributed by atoms with Crippen molar-refractivity contribution >= 4 is 23.4 Å². The number of benzene rings is 3. The molecule has 1 aliphatic heterocycles. The first-order valence-electron chi connectivity index (χ1n) is 11.2. The van der Waals surface area contributed by atoms with Crippen molar-refractivity contribution in [3.05, 3.63) is 101 Å². The third kappa shape index (κ3) is 4.47. The van der Waals surface area contributed by atoms with Crippen molar-refractivity contribution < 1.29 is 32.3 Å². The molecule has 1 aromatic heterocycles. The topological polar surface area (TPSA) is 106 Å². The zero-order valence-corrected chi connectivity index (χ0v) is 19.7. The van der Waals surface area contributed by atoms with Gasteiger partial charge in [-0.05, 0) is 48.0 Å². The predicted octanol–water partition coefficient (Wildman–Crippen LogP) is 4.34. The fraction of sp³-hybridized carbons (Fsp3) is 0.115. The summed E-state index contributed by atoms with van der Waals surface area (Å²) in [5.74, 6) is -1.56. The van der Waals surface area contributed by atoms with Crippen LogP contribution in [0.15, 0.2) is 73.3 Å². The molecule has 3 amide bonds. The van der Waals surface area contributed by atoms with Crippen LogP contribution in [0.5, 0.6) is 5.75 Å². The maximum absolute atomic E-state index is 13.4. The molecule has 4 aromatic rings. The predicted molar refractivity (Wildman–Crippen MR) is 128 cm³/mol. The maximum Gasteiger partial charge on any atom is 0.416 e. The molecule has 1 aliphatic rings. The highest BCUT2D eigenvalue weighted by Gasteiger charge is 2.35. The number of amides is 3. The lowest BCUT2D eigenvalue weighted by molar-refractivity contribution is -0.137. The third-order valence-corrected chi connectivity index (χ3v) is 5.97. The van der Waals surface area contributed by atoms with Crippen LogP contribution < -0.4 is 10.1 Å². The Kier molecular flexibility index (Phi) is 6.15. The molecule has 38 heavy (non-hydrogen) atoms. The van der Waals surface area contributed by atoms with Gasteiger partial charge in [-0.2, -0.15) is 18.3 Å². The van der Waals surface area contributed by atoms with Gasteiger partial charge in [-0.3, -0.25) is 19.3 Å². The summed E-state index contributed by atoms with van der Waals surface area (Å²) in [5, 5.41) is 6.43. The number of carbonyl (C=O) groups excluding carboxylic acids is 3. The number of nitrogens with one attached hydrogen (secondary N) is 1. The number of carbonyl (C=O) groups is 3. The summed E-state index contributed by atoms with van der Waals surface area (Å²) in [6.07, 6.45) is -2.17. The highest BCUT2D eigenvalue weighted by molar-refractivity contribution is 6.21. The minimum atomic E-state index is -4.65. The number of hydrogen-bond donors (Lipinski definition) is 1. The smallest absolute Gasteiger partial charge is 0.416 e. The Bertz CT molecular complexity index is 1530. The summed E-state index contributed by atoms with van der Waals surface area (Å²) >= 11 is 0. The van der Waals surface area contributed by atoms with Gasteiger partial charge >= 0.3 is 6.18 Å². The van der Waals surface area contributed by atoms with E-state index in [1.807, 2.05) is 0 Å². The molecule has 5 rings (SSSR count). The number of alkyl halides is 3. The van der Waals surface area contributed by atoms with Gasteiger partial charge in [-0.1, -0.05) is 18.2 Å². The van der Waals surface area contributed by atoms with Crippen molar-refractivity contribution in [2.24, 2.45) is 0 Å². The molecule has 0 atom stereocenters. The van der Waals surface area contributed by atoms with E-state index in [9.17, 15) is 27.6 Å². The van der Waals surface area contributed by atoms with Gasteiger partial charge < -0.3 is 10.1 Å². The first-order valence-corrected chi connectivity index (χ1v) is 11.2. The van der Waals surface area contributed by atoms with Crippen LogP contribution >= 0.6 is 0 Å². The molecule has 0 saturated carbocycles. The SMILES string of the molecule is COc1ccc(CN2C(=O)c3ccccc3C2=O)cc1C(=O)Nc1cc(C(F)(F)F)ccc1-n1cncn1. The van der Waals surface area contributed by atoms with Gasteiger partial charge in [-0.25, -0.2) is 9.67 Å². The van der Waals surface area contributed by atoms with Gasteiger partial charge in [0.15, 0.2) is 0 Å². The van der Waals surface area contributed by atoms with Crippen molar-refractivity contribution in [2.75, 3.05) is 12.4 Å². The third-order valence-electron chi connectivity index (χ3n) is 5.97. The molecule has 0 fully saturated rings. The lowest BCUT2D eigenvalue weighted by atomic mass is 10.1. The molecule has 192 valence electrons. The van der Waals surface area contributed by atoms with E-state index in [1.54, 1.807) is 30.3 Å². The number of fused-ring (bicyclic) bond motifs is 1.